The molecule has 0 radical (unpaired) electrons. The molecule has 0 heterocycles. The Bertz CT molecular complexity index is 136. The van der Waals surface area contributed by atoms with Crippen LogP contribution in [0, 0.1) is 0 Å². The van der Waals surface area contributed by atoms with E-state index < -0.39 is 0 Å². The van der Waals surface area contributed by atoms with E-state index in [-0.39, 0.29) is 5.97 Å². The smallest absolute Gasteiger partial charge is 0.307 e. The first kappa shape index (κ1) is 9.21. The molecule has 58 valence electrons. The summed E-state index contributed by atoms with van der Waals surface area (Å²) in [6.07, 6.45) is 3.62. The second-order valence-corrected chi connectivity index (χ2v) is 2.03. The molecule has 0 rings (SSSR count). The number of rotatable bonds is 3. The van der Waals surface area contributed by atoms with Crippen LogP contribution in [0.1, 0.15) is 33.6 Å². The van der Waals surface area contributed by atoms with Gasteiger partial charge in [-0.3, -0.25) is 4.79 Å². The molecule has 0 unspecified atom stereocenters. The normalized spacial score (nSPS) is 11.3. The minimum Gasteiger partial charge on any atom is -0.432 e. The molecule has 0 aromatic rings. The molecule has 2 heteroatoms. The highest BCUT2D eigenvalue weighted by atomic mass is 16.5. The number of carbonyl (C=O) groups is 1. The van der Waals surface area contributed by atoms with Crippen molar-refractivity contribution < 1.29 is 9.53 Å². The van der Waals surface area contributed by atoms with Crippen LogP contribution in [0.15, 0.2) is 11.8 Å². The number of carbonyl (C=O) groups excluding carboxylic acids is 1. The fraction of sp³-hybridized carbons (Fsp3) is 0.625. The zero-order valence-electron chi connectivity index (χ0n) is 6.81. The Kier molecular flexibility index (Phi) is 4.63. The van der Waals surface area contributed by atoms with Crippen molar-refractivity contribution in [2.45, 2.75) is 33.6 Å². The van der Waals surface area contributed by atoms with E-state index in [1.807, 2.05) is 19.9 Å². The average molecular weight is 142 g/mol. The van der Waals surface area contributed by atoms with E-state index in [1.165, 1.54) is 6.92 Å². The maximum absolute atomic E-state index is 10.4. The molecule has 0 saturated carbocycles. The van der Waals surface area contributed by atoms with Crippen LogP contribution in [0.3, 0.4) is 0 Å². The minimum absolute atomic E-state index is 0.235. The Morgan fingerprint density at radius 2 is 2.10 bits per heavy atom. The maximum Gasteiger partial charge on any atom is 0.307 e. The van der Waals surface area contributed by atoms with Crippen molar-refractivity contribution in [3.05, 3.63) is 11.8 Å². The SMILES string of the molecule is CCC=C(CC)OC(C)=O. The number of ether oxygens (including phenoxy) is 1. The standard InChI is InChI=1S/C8H14O2/c1-4-6-8(5-2)10-7(3)9/h6H,4-5H2,1-3H3. The lowest BCUT2D eigenvalue weighted by Gasteiger charge is -2.01. The van der Waals surface area contributed by atoms with E-state index in [0.717, 1.165) is 18.6 Å². The first-order chi connectivity index (χ1) is 4.70. The van der Waals surface area contributed by atoms with Crippen LogP contribution in [-0.4, -0.2) is 5.97 Å². The highest BCUT2D eigenvalue weighted by Gasteiger charge is 1.96. The molecule has 0 aromatic carbocycles. The van der Waals surface area contributed by atoms with Crippen molar-refractivity contribution in [3.63, 3.8) is 0 Å². The second kappa shape index (κ2) is 5.03. The topological polar surface area (TPSA) is 26.3 Å². The van der Waals surface area contributed by atoms with Gasteiger partial charge in [-0.05, 0) is 12.5 Å². The monoisotopic (exact) mass is 142 g/mol. The lowest BCUT2D eigenvalue weighted by molar-refractivity contribution is -0.137. The second-order valence-electron chi connectivity index (χ2n) is 2.03. The van der Waals surface area contributed by atoms with Crippen LogP contribution < -0.4 is 0 Å². The third-order valence-corrected chi connectivity index (χ3v) is 1.06. The molecule has 0 bridgehead atoms. The predicted octanol–water partition coefficient (Wildman–Crippen LogP) is 2.25. The van der Waals surface area contributed by atoms with Crippen LogP contribution in [-0.2, 0) is 9.53 Å². The Labute approximate surface area is 61.9 Å². The summed E-state index contributed by atoms with van der Waals surface area (Å²) in [5.74, 6) is 0.538. The van der Waals surface area contributed by atoms with Gasteiger partial charge < -0.3 is 4.74 Å². The summed E-state index contributed by atoms with van der Waals surface area (Å²) in [7, 11) is 0. The van der Waals surface area contributed by atoms with Gasteiger partial charge in [0, 0.05) is 13.3 Å². The first-order valence-electron chi connectivity index (χ1n) is 3.58. The molecule has 0 N–H and O–H groups in total. The van der Waals surface area contributed by atoms with E-state index in [4.69, 9.17) is 4.74 Å². The fourth-order valence-corrected chi connectivity index (χ4v) is 0.670. The van der Waals surface area contributed by atoms with Crippen molar-refractivity contribution in [2.24, 2.45) is 0 Å². The highest BCUT2D eigenvalue weighted by Crippen LogP contribution is 2.03. The molecule has 0 atom stereocenters. The molecule has 10 heavy (non-hydrogen) atoms. The Morgan fingerprint density at radius 3 is 2.40 bits per heavy atom. The van der Waals surface area contributed by atoms with Crippen molar-refractivity contribution in [1.82, 2.24) is 0 Å². The molecule has 0 aliphatic carbocycles. The molecular weight excluding hydrogens is 128 g/mol. The van der Waals surface area contributed by atoms with Gasteiger partial charge in [0.1, 0.15) is 5.76 Å². The number of hydrogen-bond acceptors (Lipinski definition) is 2. The maximum atomic E-state index is 10.4. The van der Waals surface area contributed by atoms with Crippen molar-refractivity contribution in [3.8, 4) is 0 Å². The van der Waals surface area contributed by atoms with Crippen LogP contribution >= 0.6 is 0 Å². The molecular formula is C8H14O2. The first-order valence-corrected chi connectivity index (χ1v) is 3.58. The summed E-state index contributed by atoms with van der Waals surface area (Å²) in [4.78, 5) is 10.4. The van der Waals surface area contributed by atoms with Crippen LogP contribution in [0.2, 0.25) is 0 Å². The Hall–Kier alpha value is -0.790. The summed E-state index contributed by atoms with van der Waals surface area (Å²) in [6.45, 7) is 5.39. The average Bonchev–Trinajstić information content (AvgIpc) is 1.86. The van der Waals surface area contributed by atoms with Gasteiger partial charge in [0.25, 0.3) is 0 Å². The van der Waals surface area contributed by atoms with E-state index >= 15 is 0 Å². The molecule has 0 amide bonds. The summed E-state index contributed by atoms with van der Waals surface area (Å²) in [5, 5.41) is 0. The molecule has 0 saturated heterocycles. The van der Waals surface area contributed by atoms with Crippen LogP contribution in [0.25, 0.3) is 0 Å². The van der Waals surface area contributed by atoms with Gasteiger partial charge in [0.15, 0.2) is 0 Å². The predicted molar refractivity (Wildman–Crippen MR) is 40.4 cm³/mol. The van der Waals surface area contributed by atoms with Gasteiger partial charge in [0.05, 0.1) is 0 Å². The summed E-state index contributed by atoms with van der Waals surface area (Å²) < 4.78 is 4.86. The molecule has 2 nitrogen and oxygen atoms in total. The van der Waals surface area contributed by atoms with Gasteiger partial charge in [-0.25, -0.2) is 0 Å². The molecule has 0 spiro atoms. The Morgan fingerprint density at radius 1 is 1.50 bits per heavy atom. The Balaban J connectivity index is 3.83. The lowest BCUT2D eigenvalue weighted by atomic mass is 10.3. The molecule has 0 aromatic heterocycles. The van der Waals surface area contributed by atoms with Gasteiger partial charge >= 0.3 is 5.97 Å². The zero-order valence-corrected chi connectivity index (χ0v) is 6.81. The molecule has 0 fully saturated rings. The summed E-state index contributed by atoms with van der Waals surface area (Å²) in [6, 6.07) is 0. The molecule has 0 aliphatic heterocycles. The third-order valence-electron chi connectivity index (χ3n) is 1.06. The van der Waals surface area contributed by atoms with Crippen molar-refractivity contribution >= 4 is 5.97 Å². The van der Waals surface area contributed by atoms with Gasteiger partial charge in [0.2, 0.25) is 0 Å². The van der Waals surface area contributed by atoms with E-state index in [9.17, 15) is 4.79 Å². The van der Waals surface area contributed by atoms with E-state index in [2.05, 4.69) is 0 Å². The van der Waals surface area contributed by atoms with E-state index in [0.29, 0.717) is 0 Å². The van der Waals surface area contributed by atoms with Gasteiger partial charge in [-0.15, -0.1) is 0 Å². The quantitative estimate of drug-likeness (QED) is 0.446. The van der Waals surface area contributed by atoms with Crippen LogP contribution in [0.4, 0.5) is 0 Å². The number of hydrogen-bond donors (Lipinski definition) is 0. The van der Waals surface area contributed by atoms with E-state index in [1.54, 1.807) is 0 Å². The highest BCUT2D eigenvalue weighted by molar-refractivity contribution is 5.67. The van der Waals surface area contributed by atoms with Gasteiger partial charge in [-0.1, -0.05) is 13.8 Å². The number of allylic oxidation sites excluding steroid dienone is 2. The minimum atomic E-state index is -0.235. The lowest BCUT2D eigenvalue weighted by Crippen LogP contribution is -1.97. The summed E-state index contributed by atoms with van der Waals surface area (Å²) in [5.41, 5.74) is 0. The third kappa shape index (κ3) is 4.13. The van der Waals surface area contributed by atoms with Crippen molar-refractivity contribution in [2.75, 3.05) is 0 Å². The fourth-order valence-electron chi connectivity index (χ4n) is 0.670. The number of esters is 1. The molecule has 0 aliphatic rings. The van der Waals surface area contributed by atoms with Gasteiger partial charge in [-0.2, -0.15) is 0 Å². The van der Waals surface area contributed by atoms with Crippen LogP contribution in [0.5, 0.6) is 0 Å². The summed E-state index contributed by atoms with van der Waals surface area (Å²) >= 11 is 0. The van der Waals surface area contributed by atoms with Crippen molar-refractivity contribution in [1.29, 1.82) is 0 Å². The largest absolute Gasteiger partial charge is 0.432 e. The zero-order chi connectivity index (χ0) is 7.98.